The Morgan fingerprint density at radius 2 is 1.61 bits per heavy atom. The third-order valence-corrected chi connectivity index (χ3v) is 6.94. The third-order valence-electron chi connectivity index (χ3n) is 4.56. The predicted octanol–water partition coefficient (Wildman–Crippen LogP) is 5.54. The topological polar surface area (TPSA) is 64.0 Å². The van der Waals surface area contributed by atoms with Crippen LogP contribution in [0.4, 0.5) is 13.2 Å². The van der Waals surface area contributed by atoms with E-state index in [2.05, 4.69) is 9.93 Å². The van der Waals surface area contributed by atoms with Crippen molar-refractivity contribution >= 4 is 21.4 Å². The summed E-state index contributed by atoms with van der Waals surface area (Å²) in [4.78, 5) is 3.74. The van der Waals surface area contributed by atoms with E-state index in [1.54, 1.807) is 41.7 Å². The number of rotatable bonds is 5. The van der Waals surface area contributed by atoms with Gasteiger partial charge in [-0.25, -0.2) is 0 Å². The number of aromatic nitrogens is 2. The van der Waals surface area contributed by atoms with Gasteiger partial charge in [-0.2, -0.15) is 31.2 Å². The van der Waals surface area contributed by atoms with Gasteiger partial charge >= 0.3 is 6.18 Å². The molecule has 160 valence electrons. The minimum Gasteiger partial charge on any atom is -0.200 e. The molecule has 2 aromatic heterocycles. The maximum Gasteiger partial charge on any atom is 0.435 e. The van der Waals surface area contributed by atoms with Gasteiger partial charge in [-0.15, -0.1) is 16.4 Å². The summed E-state index contributed by atoms with van der Waals surface area (Å²) in [6, 6.07) is 17.0. The van der Waals surface area contributed by atoms with Crippen LogP contribution < -0.4 is 4.83 Å². The quantitative estimate of drug-likeness (QED) is 0.423. The van der Waals surface area contributed by atoms with Gasteiger partial charge in [0.2, 0.25) is 0 Å². The molecule has 0 aliphatic rings. The molecular formula is C21H16F3N3O2S2. The Kier molecular flexibility index (Phi) is 5.36. The monoisotopic (exact) mass is 463 g/mol. The highest BCUT2D eigenvalue weighted by molar-refractivity contribution is 7.92. The lowest BCUT2D eigenvalue weighted by molar-refractivity contribution is -0.141. The van der Waals surface area contributed by atoms with E-state index in [4.69, 9.17) is 0 Å². The third kappa shape index (κ3) is 4.35. The number of sulfonamides is 1. The Hall–Kier alpha value is -3.11. The molecule has 1 N–H and O–H groups in total. The smallest absolute Gasteiger partial charge is 0.200 e. The van der Waals surface area contributed by atoms with Gasteiger partial charge in [0.05, 0.1) is 10.6 Å². The van der Waals surface area contributed by atoms with Crippen molar-refractivity contribution < 1.29 is 21.6 Å². The molecule has 2 aromatic carbocycles. The van der Waals surface area contributed by atoms with Crippen molar-refractivity contribution in [2.75, 3.05) is 4.83 Å². The molecule has 0 amide bonds. The lowest BCUT2D eigenvalue weighted by atomic mass is 10.1. The zero-order chi connectivity index (χ0) is 22.2. The molecule has 0 saturated carbocycles. The number of nitrogens with one attached hydrogen (secondary N) is 1. The number of hydrogen-bond donors (Lipinski definition) is 1. The number of nitrogens with zero attached hydrogens (tertiary/aromatic N) is 2. The molecule has 0 radical (unpaired) electrons. The second-order valence-corrected chi connectivity index (χ2v) is 9.32. The fourth-order valence-electron chi connectivity index (χ4n) is 3.02. The first-order chi connectivity index (χ1) is 14.6. The Morgan fingerprint density at radius 1 is 0.968 bits per heavy atom. The van der Waals surface area contributed by atoms with Crippen LogP contribution in [0.15, 0.2) is 77.0 Å². The van der Waals surface area contributed by atoms with E-state index in [0.29, 0.717) is 10.4 Å². The summed E-state index contributed by atoms with van der Waals surface area (Å²) in [5.74, 6) is 0. The molecule has 31 heavy (non-hydrogen) atoms. The SMILES string of the molecule is Cc1ccsc1-c1ccc(-c2cc(C(F)(F)F)nn2NS(=O)(=O)c2ccccc2)cc1. The van der Waals surface area contributed by atoms with E-state index in [1.807, 2.05) is 18.4 Å². The second kappa shape index (κ2) is 7.86. The number of aryl methyl sites for hydroxylation is 1. The van der Waals surface area contributed by atoms with Gasteiger partial charge in [0, 0.05) is 10.4 Å². The number of benzene rings is 2. The van der Waals surface area contributed by atoms with Crippen molar-refractivity contribution in [3.05, 3.63) is 83.4 Å². The molecule has 0 unspecified atom stereocenters. The maximum absolute atomic E-state index is 13.3. The fraction of sp³-hybridized carbons (Fsp3) is 0.0952. The Bertz CT molecular complexity index is 1310. The molecular weight excluding hydrogens is 447 g/mol. The standard InChI is InChI=1S/C21H16F3N3O2S2/c1-14-11-12-30-20(14)16-9-7-15(8-10-16)18-13-19(21(22,23)24)25-27(18)26-31(28,29)17-5-3-2-4-6-17/h2-13,26H,1H3. The van der Waals surface area contributed by atoms with Crippen molar-refractivity contribution in [1.82, 2.24) is 9.89 Å². The van der Waals surface area contributed by atoms with E-state index < -0.39 is 21.9 Å². The first-order valence-corrected chi connectivity index (χ1v) is 11.4. The summed E-state index contributed by atoms with van der Waals surface area (Å²) >= 11 is 1.56. The van der Waals surface area contributed by atoms with Crippen LogP contribution in [-0.4, -0.2) is 18.3 Å². The average molecular weight is 464 g/mol. The van der Waals surface area contributed by atoms with Crippen molar-refractivity contribution in [1.29, 1.82) is 0 Å². The van der Waals surface area contributed by atoms with Crippen LogP contribution in [0.3, 0.4) is 0 Å². The molecule has 0 aliphatic carbocycles. The van der Waals surface area contributed by atoms with Gasteiger partial charge in [0.25, 0.3) is 10.0 Å². The molecule has 10 heteroatoms. The first kappa shape index (κ1) is 21.1. The molecule has 0 spiro atoms. The number of alkyl halides is 3. The van der Waals surface area contributed by atoms with Gasteiger partial charge in [-0.3, -0.25) is 0 Å². The summed E-state index contributed by atoms with van der Waals surface area (Å²) in [6.45, 7) is 1.97. The van der Waals surface area contributed by atoms with Gasteiger partial charge < -0.3 is 0 Å². The van der Waals surface area contributed by atoms with Crippen LogP contribution in [0.25, 0.3) is 21.7 Å². The lowest BCUT2D eigenvalue weighted by Crippen LogP contribution is -2.25. The van der Waals surface area contributed by atoms with E-state index >= 15 is 0 Å². The van der Waals surface area contributed by atoms with Crippen molar-refractivity contribution in [3.63, 3.8) is 0 Å². The normalized spacial score (nSPS) is 12.1. The van der Waals surface area contributed by atoms with Crippen molar-refractivity contribution in [2.24, 2.45) is 0 Å². The second-order valence-electron chi connectivity index (χ2n) is 6.74. The first-order valence-electron chi connectivity index (χ1n) is 9.05. The van der Waals surface area contributed by atoms with E-state index in [0.717, 1.165) is 22.1 Å². The molecule has 0 saturated heterocycles. The predicted molar refractivity (Wildman–Crippen MR) is 114 cm³/mol. The molecule has 0 atom stereocenters. The summed E-state index contributed by atoms with van der Waals surface area (Å²) in [6.07, 6.45) is -4.73. The largest absolute Gasteiger partial charge is 0.435 e. The molecule has 4 aromatic rings. The lowest BCUT2D eigenvalue weighted by Gasteiger charge is -2.11. The van der Waals surface area contributed by atoms with E-state index in [1.165, 1.54) is 24.3 Å². The molecule has 4 rings (SSSR count). The zero-order valence-corrected chi connectivity index (χ0v) is 17.7. The van der Waals surface area contributed by atoms with Crippen LogP contribution in [-0.2, 0) is 16.2 Å². The molecule has 5 nitrogen and oxygen atoms in total. The molecule has 0 aliphatic heterocycles. The van der Waals surface area contributed by atoms with Crippen molar-refractivity contribution in [3.8, 4) is 21.7 Å². The van der Waals surface area contributed by atoms with Crippen LogP contribution >= 0.6 is 11.3 Å². The summed E-state index contributed by atoms with van der Waals surface area (Å²) < 4.78 is 65.2. The van der Waals surface area contributed by atoms with Crippen LogP contribution in [0.5, 0.6) is 0 Å². The maximum atomic E-state index is 13.3. The van der Waals surface area contributed by atoms with Gasteiger partial charge in [0.1, 0.15) is 0 Å². The highest BCUT2D eigenvalue weighted by Crippen LogP contribution is 2.34. The van der Waals surface area contributed by atoms with Crippen LogP contribution in [0, 0.1) is 6.92 Å². The summed E-state index contributed by atoms with van der Waals surface area (Å²) in [5, 5.41) is 5.42. The number of hydrogen-bond acceptors (Lipinski definition) is 4. The fourth-order valence-corrected chi connectivity index (χ4v) is 4.94. The zero-order valence-electron chi connectivity index (χ0n) is 16.1. The molecule has 0 bridgehead atoms. The Balaban J connectivity index is 1.75. The van der Waals surface area contributed by atoms with E-state index in [9.17, 15) is 21.6 Å². The highest BCUT2D eigenvalue weighted by atomic mass is 32.2. The molecule has 2 heterocycles. The number of thiophene rings is 1. The molecule has 0 fully saturated rings. The summed E-state index contributed by atoms with van der Waals surface area (Å²) in [5.41, 5.74) is 1.18. The van der Waals surface area contributed by atoms with Gasteiger partial charge in [-0.1, -0.05) is 42.5 Å². The van der Waals surface area contributed by atoms with Crippen LogP contribution in [0.1, 0.15) is 11.3 Å². The average Bonchev–Trinajstić information content (AvgIpc) is 3.35. The minimum atomic E-state index is -4.73. The van der Waals surface area contributed by atoms with Gasteiger partial charge in [0.15, 0.2) is 5.69 Å². The number of halogens is 3. The Morgan fingerprint density at radius 3 is 2.19 bits per heavy atom. The minimum absolute atomic E-state index is 0.0266. The van der Waals surface area contributed by atoms with Crippen LogP contribution in [0.2, 0.25) is 0 Å². The highest BCUT2D eigenvalue weighted by Gasteiger charge is 2.35. The summed E-state index contributed by atoms with van der Waals surface area (Å²) in [7, 11) is -4.14. The van der Waals surface area contributed by atoms with Gasteiger partial charge in [-0.05, 0) is 47.7 Å². The Labute approximate surface area is 180 Å². The van der Waals surface area contributed by atoms with E-state index in [-0.39, 0.29) is 10.6 Å². The van der Waals surface area contributed by atoms with Crippen molar-refractivity contribution in [2.45, 2.75) is 18.0 Å².